The van der Waals surface area contributed by atoms with E-state index in [2.05, 4.69) is 5.10 Å². The molecule has 2 aromatic rings. The van der Waals surface area contributed by atoms with Crippen LogP contribution in [0.25, 0.3) is 0 Å². The van der Waals surface area contributed by atoms with Crippen molar-refractivity contribution in [1.29, 1.82) is 0 Å². The highest BCUT2D eigenvalue weighted by molar-refractivity contribution is 6.03. The van der Waals surface area contributed by atoms with Crippen LogP contribution in [-0.4, -0.2) is 41.0 Å². The maximum Gasteiger partial charge on any atom is 0.262 e. The molecule has 0 aromatic heterocycles. The van der Waals surface area contributed by atoms with E-state index in [4.69, 9.17) is 0 Å². The predicted octanol–water partition coefficient (Wildman–Crippen LogP) is 4.29. The van der Waals surface area contributed by atoms with Crippen molar-refractivity contribution in [3.8, 4) is 0 Å². The predicted molar refractivity (Wildman–Crippen MR) is 113 cm³/mol. The van der Waals surface area contributed by atoms with Crippen LogP contribution in [0.3, 0.4) is 0 Å². The van der Waals surface area contributed by atoms with Crippen LogP contribution in [0.15, 0.2) is 53.6 Å². The second-order valence-corrected chi connectivity index (χ2v) is 8.18. The fourth-order valence-corrected chi connectivity index (χ4v) is 4.42. The van der Waals surface area contributed by atoms with Gasteiger partial charge < -0.3 is 4.90 Å². The molecule has 1 aliphatic heterocycles. The van der Waals surface area contributed by atoms with Gasteiger partial charge in [0.25, 0.3) is 5.91 Å². The van der Waals surface area contributed by atoms with Crippen molar-refractivity contribution in [2.24, 2.45) is 11.0 Å². The lowest BCUT2D eigenvalue weighted by Crippen LogP contribution is -2.41. The number of hydrogen-bond donors (Lipinski definition) is 0. The molecule has 1 saturated carbocycles. The molecule has 2 aromatic carbocycles. The van der Waals surface area contributed by atoms with Crippen molar-refractivity contribution in [3.63, 3.8) is 0 Å². The number of hydrazone groups is 1. The number of halogens is 2. The van der Waals surface area contributed by atoms with Crippen molar-refractivity contribution in [2.45, 2.75) is 38.1 Å². The van der Waals surface area contributed by atoms with E-state index >= 15 is 0 Å². The van der Waals surface area contributed by atoms with Crippen LogP contribution in [0.5, 0.6) is 0 Å². The molecule has 5 nitrogen and oxygen atoms in total. The van der Waals surface area contributed by atoms with Crippen LogP contribution in [0, 0.1) is 17.6 Å². The zero-order chi connectivity index (χ0) is 22.0. The van der Waals surface area contributed by atoms with Crippen molar-refractivity contribution < 1.29 is 18.4 Å². The summed E-state index contributed by atoms with van der Waals surface area (Å²) in [6.45, 7) is -0.158. The fourth-order valence-electron chi connectivity index (χ4n) is 4.42. The van der Waals surface area contributed by atoms with E-state index in [1.165, 1.54) is 22.0 Å². The first-order valence-electron chi connectivity index (χ1n) is 10.6. The summed E-state index contributed by atoms with van der Waals surface area (Å²) in [5.74, 6) is -1.42. The van der Waals surface area contributed by atoms with E-state index in [0.717, 1.165) is 25.7 Å². The van der Waals surface area contributed by atoms with Gasteiger partial charge in [-0.15, -0.1) is 0 Å². The Morgan fingerprint density at radius 1 is 1.03 bits per heavy atom. The molecule has 0 bridgehead atoms. The van der Waals surface area contributed by atoms with Gasteiger partial charge in [-0.25, -0.2) is 13.8 Å². The molecule has 1 heterocycles. The van der Waals surface area contributed by atoms with Crippen molar-refractivity contribution in [3.05, 3.63) is 71.3 Å². The molecule has 162 valence electrons. The first kappa shape index (κ1) is 21.2. The second kappa shape index (κ2) is 8.96. The standard InChI is InChI=1S/C24H25F2N3O2/c1-28(24(31)16-8-2-3-9-16)15-23(30)29-22(18-11-5-7-13-20(18)26)14-21(27-29)17-10-4-6-12-19(17)25/h4-7,10-13,16,22H,2-3,8-9,14-15H2,1H3/t22-/m1/s1. The number of carbonyl (C=O) groups is 2. The Hall–Kier alpha value is -3.09. The minimum Gasteiger partial charge on any atom is -0.336 e. The highest BCUT2D eigenvalue weighted by atomic mass is 19.1. The Bertz CT molecular complexity index is 1020. The van der Waals surface area contributed by atoms with E-state index in [1.54, 1.807) is 43.4 Å². The summed E-state index contributed by atoms with van der Waals surface area (Å²) >= 11 is 0. The second-order valence-electron chi connectivity index (χ2n) is 8.18. The largest absolute Gasteiger partial charge is 0.336 e. The molecule has 2 amide bonds. The molecule has 0 saturated heterocycles. The molecule has 1 aliphatic carbocycles. The van der Waals surface area contributed by atoms with E-state index < -0.39 is 23.6 Å². The minimum atomic E-state index is -0.696. The molecule has 0 radical (unpaired) electrons. The van der Waals surface area contributed by atoms with Gasteiger partial charge in [-0.2, -0.15) is 5.10 Å². The van der Waals surface area contributed by atoms with Crippen LogP contribution in [0.1, 0.15) is 49.3 Å². The summed E-state index contributed by atoms with van der Waals surface area (Å²) in [6, 6.07) is 11.7. The number of likely N-dealkylation sites (N-methyl/N-ethyl adjacent to an activating group) is 1. The maximum atomic E-state index is 14.6. The molecule has 0 unspecified atom stereocenters. The third-order valence-electron chi connectivity index (χ3n) is 6.07. The lowest BCUT2D eigenvalue weighted by Gasteiger charge is -2.26. The Balaban J connectivity index is 1.60. The number of benzene rings is 2. The summed E-state index contributed by atoms with van der Waals surface area (Å²) in [7, 11) is 1.61. The van der Waals surface area contributed by atoms with Crippen LogP contribution in [0.4, 0.5) is 8.78 Å². The summed E-state index contributed by atoms with van der Waals surface area (Å²) < 4.78 is 28.9. The third kappa shape index (κ3) is 4.36. The van der Waals surface area contributed by atoms with Crippen molar-refractivity contribution in [1.82, 2.24) is 9.91 Å². The minimum absolute atomic E-state index is 0.0452. The fraction of sp³-hybridized carbons (Fsp3) is 0.375. The third-order valence-corrected chi connectivity index (χ3v) is 6.07. The summed E-state index contributed by atoms with van der Waals surface area (Å²) in [4.78, 5) is 27.2. The highest BCUT2D eigenvalue weighted by Gasteiger charge is 2.36. The number of nitrogens with zero attached hydrogens (tertiary/aromatic N) is 3. The normalized spacial score (nSPS) is 18.9. The van der Waals surface area contributed by atoms with E-state index in [1.807, 2.05) is 0 Å². The van der Waals surface area contributed by atoms with Crippen molar-refractivity contribution in [2.75, 3.05) is 13.6 Å². The molecule has 1 atom stereocenters. The van der Waals surface area contributed by atoms with Gasteiger partial charge in [0.15, 0.2) is 0 Å². The van der Waals surface area contributed by atoms with Gasteiger partial charge in [0.1, 0.15) is 18.2 Å². The monoisotopic (exact) mass is 425 g/mol. The summed E-state index contributed by atoms with van der Waals surface area (Å²) in [5, 5.41) is 5.59. The molecular formula is C24H25F2N3O2. The zero-order valence-corrected chi connectivity index (χ0v) is 17.4. The number of hydrogen-bond acceptors (Lipinski definition) is 3. The summed E-state index contributed by atoms with van der Waals surface area (Å²) in [5.41, 5.74) is 0.981. The van der Waals surface area contributed by atoms with Crippen molar-refractivity contribution >= 4 is 17.5 Å². The smallest absolute Gasteiger partial charge is 0.262 e. The molecule has 0 spiro atoms. The number of amides is 2. The van der Waals surface area contributed by atoms with Gasteiger partial charge in [0.2, 0.25) is 5.91 Å². The van der Waals surface area contributed by atoms with E-state index in [-0.39, 0.29) is 30.4 Å². The van der Waals surface area contributed by atoms with Gasteiger partial charge in [0, 0.05) is 30.5 Å². The quantitative estimate of drug-likeness (QED) is 0.718. The molecule has 1 fully saturated rings. The maximum absolute atomic E-state index is 14.6. The van der Waals surface area contributed by atoms with Gasteiger partial charge in [0.05, 0.1) is 11.8 Å². The van der Waals surface area contributed by atoms with Crippen LogP contribution >= 0.6 is 0 Å². The molecule has 2 aliphatic rings. The Morgan fingerprint density at radius 2 is 1.68 bits per heavy atom. The number of carbonyl (C=O) groups excluding carboxylic acids is 2. The average molecular weight is 425 g/mol. The highest BCUT2D eigenvalue weighted by Crippen LogP contribution is 2.35. The van der Waals surface area contributed by atoms with Crippen LogP contribution in [-0.2, 0) is 9.59 Å². The molecule has 7 heteroatoms. The van der Waals surface area contributed by atoms with Gasteiger partial charge in [-0.1, -0.05) is 49.2 Å². The molecular weight excluding hydrogens is 400 g/mol. The van der Waals surface area contributed by atoms with E-state index in [9.17, 15) is 18.4 Å². The summed E-state index contributed by atoms with van der Waals surface area (Å²) in [6.07, 6.45) is 3.92. The number of rotatable bonds is 5. The lowest BCUT2D eigenvalue weighted by atomic mass is 9.97. The first-order valence-corrected chi connectivity index (χ1v) is 10.6. The Morgan fingerprint density at radius 3 is 2.35 bits per heavy atom. The first-order chi connectivity index (χ1) is 15.0. The van der Waals surface area contributed by atoms with Gasteiger partial charge in [-0.05, 0) is 25.0 Å². The van der Waals surface area contributed by atoms with Gasteiger partial charge >= 0.3 is 0 Å². The lowest BCUT2D eigenvalue weighted by molar-refractivity contribution is -0.142. The average Bonchev–Trinajstić information content (AvgIpc) is 3.44. The topological polar surface area (TPSA) is 53.0 Å². The molecule has 4 rings (SSSR count). The van der Waals surface area contributed by atoms with Crippen LogP contribution < -0.4 is 0 Å². The SMILES string of the molecule is CN(CC(=O)N1N=C(c2ccccc2F)C[C@@H]1c1ccccc1F)C(=O)C1CCCC1. The Kier molecular flexibility index (Phi) is 6.11. The van der Waals surface area contributed by atoms with Crippen LogP contribution in [0.2, 0.25) is 0 Å². The molecule has 0 N–H and O–H groups in total. The zero-order valence-electron chi connectivity index (χ0n) is 17.4. The van der Waals surface area contributed by atoms with E-state index in [0.29, 0.717) is 11.3 Å². The Labute approximate surface area is 180 Å². The van der Waals surface area contributed by atoms with Gasteiger partial charge in [-0.3, -0.25) is 9.59 Å². The molecule has 31 heavy (non-hydrogen) atoms.